The number of hydrogen-bond donors (Lipinski definition) is 2. The number of carbonyl (C=O) groups is 1. The van der Waals surface area contributed by atoms with E-state index in [1.165, 1.54) is 0 Å². The molecule has 0 amide bonds. The molecule has 0 aromatic carbocycles. The highest BCUT2D eigenvalue weighted by Gasteiger charge is 2.26. The molecule has 1 saturated carbocycles. The number of carbonyl (C=O) groups excluding carboxylic acids is 1. The van der Waals surface area contributed by atoms with E-state index in [4.69, 9.17) is 22.7 Å². The number of rotatable bonds is 4. The van der Waals surface area contributed by atoms with Crippen LogP contribution >= 0.6 is 12.2 Å². The molecule has 0 atom stereocenters. The first kappa shape index (κ1) is 12.0. The summed E-state index contributed by atoms with van der Waals surface area (Å²) in [4.78, 5) is 11.9. The number of allylic oxidation sites excluding steroid dienone is 1. The smallest absolute Gasteiger partial charge is 0.342 e. The lowest BCUT2D eigenvalue weighted by atomic mass is 10.2. The minimum atomic E-state index is -0.448. The number of ether oxygens (including phenoxy) is 1. The van der Waals surface area contributed by atoms with Gasteiger partial charge in [-0.05, 0) is 26.7 Å². The van der Waals surface area contributed by atoms with Crippen molar-refractivity contribution in [3.05, 3.63) is 11.3 Å². The predicted octanol–water partition coefficient (Wildman–Crippen LogP) is 0.862. The Kier molecular flexibility index (Phi) is 4.08. The van der Waals surface area contributed by atoms with Gasteiger partial charge in [0.1, 0.15) is 10.6 Å². The summed E-state index contributed by atoms with van der Waals surface area (Å²) in [5.41, 5.74) is 6.30. The molecule has 0 aliphatic heterocycles. The Bertz CT molecular complexity index is 305. The lowest BCUT2D eigenvalue weighted by Gasteiger charge is -2.11. The highest BCUT2D eigenvalue weighted by atomic mass is 32.1. The molecular weight excluding hydrogens is 212 g/mol. The van der Waals surface area contributed by atoms with Gasteiger partial charge in [-0.3, -0.25) is 0 Å². The van der Waals surface area contributed by atoms with Gasteiger partial charge in [-0.1, -0.05) is 12.2 Å². The first-order valence-electron chi connectivity index (χ1n) is 5.00. The summed E-state index contributed by atoms with van der Waals surface area (Å²) in [5.74, 6) is -0.448. The van der Waals surface area contributed by atoms with Crippen LogP contribution in [0.25, 0.3) is 0 Å². The van der Waals surface area contributed by atoms with Crippen LogP contribution in [0.4, 0.5) is 0 Å². The average molecular weight is 228 g/mol. The molecule has 5 heteroatoms. The Balaban J connectivity index is 2.68. The van der Waals surface area contributed by atoms with Crippen LogP contribution in [-0.4, -0.2) is 23.6 Å². The zero-order chi connectivity index (χ0) is 11.4. The first-order valence-corrected chi connectivity index (χ1v) is 5.41. The fraction of sp³-hybridized carbons (Fsp3) is 0.600. The van der Waals surface area contributed by atoms with Gasteiger partial charge >= 0.3 is 5.97 Å². The van der Waals surface area contributed by atoms with Crippen molar-refractivity contribution in [3.8, 4) is 0 Å². The molecule has 0 bridgehead atoms. The summed E-state index contributed by atoms with van der Waals surface area (Å²) < 4.78 is 4.88. The van der Waals surface area contributed by atoms with Crippen LogP contribution in [0.5, 0.6) is 0 Å². The number of hydrogen-bond acceptors (Lipinski definition) is 4. The van der Waals surface area contributed by atoms with Gasteiger partial charge in [-0.2, -0.15) is 0 Å². The normalized spacial score (nSPS) is 16.7. The minimum absolute atomic E-state index is 0.291. The van der Waals surface area contributed by atoms with Crippen LogP contribution in [0.3, 0.4) is 0 Å². The maximum absolute atomic E-state index is 11.5. The number of esters is 1. The molecule has 0 aromatic heterocycles. The monoisotopic (exact) mass is 228 g/mol. The van der Waals surface area contributed by atoms with Crippen molar-refractivity contribution in [1.82, 2.24) is 5.32 Å². The molecule has 1 rings (SSSR count). The second kappa shape index (κ2) is 5.11. The maximum Gasteiger partial charge on any atom is 0.342 e. The standard InChI is InChI=1S/C10H16N2O2S/c1-3-14-10(13)8(6(2)11)9(15)12-7-4-5-7/h7H,3-5,11H2,1-2H3,(H,12,15)/b8-6-. The Morgan fingerprint density at radius 1 is 1.60 bits per heavy atom. The van der Waals surface area contributed by atoms with E-state index in [0.717, 1.165) is 12.8 Å². The molecule has 15 heavy (non-hydrogen) atoms. The molecule has 1 aliphatic rings. The van der Waals surface area contributed by atoms with Gasteiger partial charge in [-0.25, -0.2) is 4.79 Å². The number of nitrogens with two attached hydrogens (primary N) is 1. The molecule has 4 nitrogen and oxygen atoms in total. The molecule has 0 radical (unpaired) electrons. The van der Waals surface area contributed by atoms with Crippen molar-refractivity contribution >= 4 is 23.2 Å². The van der Waals surface area contributed by atoms with E-state index >= 15 is 0 Å². The summed E-state index contributed by atoms with van der Waals surface area (Å²) in [6.45, 7) is 3.72. The molecule has 0 saturated heterocycles. The Labute approximate surface area is 94.9 Å². The highest BCUT2D eigenvalue weighted by molar-refractivity contribution is 7.80. The summed E-state index contributed by atoms with van der Waals surface area (Å²) in [6, 6.07) is 0.404. The van der Waals surface area contributed by atoms with Gasteiger partial charge in [0.25, 0.3) is 0 Å². The third kappa shape index (κ3) is 3.51. The van der Waals surface area contributed by atoms with Gasteiger partial charge in [0.05, 0.1) is 6.61 Å². The van der Waals surface area contributed by atoms with Gasteiger partial charge in [0.2, 0.25) is 0 Å². The molecule has 0 unspecified atom stereocenters. The predicted molar refractivity (Wildman–Crippen MR) is 62.3 cm³/mol. The van der Waals surface area contributed by atoms with Gasteiger partial charge in [0.15, 0.2) is 0 Å². The molecule has 1 aliphatic carbocycles. The Morgan fingerprint density at radius 3 is 2.60 bits per heavy atom. The summed E-state index contributed by atoms with van der Waals surface area (Å²) in [7, 11) is 0. The number of nitrogens with one attached hydrogen (secondary N) is 1. The summed E-state index contributed by atoms with van der Waals surface area (Å²) in [5, 5.41) is 3.07. The Hall–Kier alpha value is -1.10. The van der Waals surface area contributed by atoms with Crippen molar-refractivity contribution in [2.24, 2.45) is 5.73 Å². The zero-order valence-corrected chi connectivity index (χ0v) is 9.82. The fourth-order valence-electron chi connectivity index (χ4n) is 1.12. The van der Waals surface area contributed by atoms with E-state index in [1.807, 2.05) is 0 Å². The third-order valence-electron chi connectivity index (χ3n) is 2.01. The lowest BCUT2D eigenvalue weighted by molar-refractivity contribution is -0.137. The van der Waals surface area contributed by atoms with Crippen molar-refractivity contribution in [2.45, 2.75) is 32.7 Å². The van der Waals surface area contributed by atoms with Crippen LogP contribution in [-0.2, 0) is 9.53 Å². The van der Waals surface area contributed by atoms with E-state index in [9.17, 15) is 4.79 Å². The highest BCUT2D eigenvalue weighted by Crippen LogP contribution is 2.20. The molecular formula is C10H16N2O2S. The van der Waals surface area contributed by atoms with E-state index in [1.54, 1.807) is 13.8 Å². The van der Waals surface area contributed by atoms with Gasteiger partial charge < -0.3 is 15.8 Å². The largest absolute Gasteiger partial charge is 0.462 e. The average Bonchev–Trinajstić information content (AvgIpc) is 2.87. The Morgan fingerprint density at radius 2 is 2.20 bits per heavy atom. The molecule has 1 fully saturated rings. The van der Waals surface area contributed by atoms with Gasteiger partial charge in [0, 0.05) is 11.7 Å². The second-order valence-electron chi connectivity index (χ2n) is 3.53. The van der Waals surface area contributed by atoms with Crippen molar-refractivity contribution in [2.75, 3.05) is 6.61 Å². The van der Waals surface area contributed by atoms with Gasteiger partial charge in [-0.15, -0.1) is 0 Å². The molecule has 0 spiro atoms. The molecule has 84 valence electrons. The van der Waals surface area contributed by atoms with Crippen LogP contribution in [0, 0.1) is 0 Å². The minimum Gasteiger partial charge on any atom is -0.462 e. The quantitative estimate of drug-likeness (QED) is 0.424. The molecule has 0 aromatic rings. The SMILES string of the molecule is CCOC(=O)/C(C(=S)NC1CC1)=C(/C)N. The first-order chi connectivity index (χ1) is 7.06. The molecule has 3 N–H and O–H groups in total. The van der Waals surface area contributed by atoms with E-state index in [2.05, 4.69) is 5.32 Å². The lowest BCUT2D eigenvalue weighted by Crippen LogP contribution is -2.31. The van der Waals surface area contributed by atoms with Crippen LogP contribution in [0.2, 0.25) is 0 Å². The fourth-order valence-corrected chi connectivity index (χ4v) is 1.53. The molecule has 0 heterocycles. The third-order valence-corrected chi connectivity index (χ3v) is 2.34. The zero-order valence-electron chi connectivity index (χ0n) is 9.00. The maximum atomic E-state index is 11.5. The number of thiocarbonyl (C=S) groups is 1. The summed E-state index contributed by atoms with van der Waals surface area (Å²) >= 11 is 5.11. The van der Waals surface area contributed by atoms with Crippen molar-refractivity contribution in [3.63, 3.8) is 0 Å². The van der Waals surface area contributed by atoms with Crippen molar-refractivity contribution < 1.29 is 9.53 Å². The van der Waals surface area contributed by atoms with Crippen LogP contribution < -0.4 is 11.1 Å². The van der Waals surface area contributed by atoms with Crippen LogP contribution in [0.1, 0.15) is 26.7 Å². The van der Waals surface area contributed by atoms with E-state index in [-0.39, 0.29) is 0 Å². The van der Waals surface area contributed by atoms with E-state index in [0.29, 0.717) is 28.9 Å². The van der Waals surface area contributed by atoms with Crippen LogP contribution in [0.15, 0.2) is 11.3 Å². The topological polar surface area (TPSA) is 64.3 Å². The van der Waals surface area contributed by atoms with Crippen molar-refractivity contribution in [1.29, 1.82) is 0 Å². The summed E-state index contributed by atoms with van der Waals surface area (Å²) in [6.07, 6.45) is 2.19. The second-order valence-corrected chi connectivity index (χ2v) is 3.93. The van der Waals surface area contributed by atoms with E-state index < -0.39 is 5.97 Å².